The average molecular weight is 336 g/mol. The molecule has 0 atom stereocenters. The quantitative estimate of drug-likeness (QED) is 0.897. The summed E-state index contributed by atoms with van der Waals surface area (Å²) in [7, 11) is 0. The van der Waals surface area contributed by atoms with E-state index in [1.807, 2.05) is 0 Å². The van der Waals surface area contributed by atoms with Gasteiger partial charge in [-0.25, -0.2) is 13.5 Å². The van der Waals surface area contributed by atoms with Gasteiger partial charge in [0.25, 0.3) is 0 Å². The molecule has 2 aromatic rings. The first kappa shape index (κ1) is 16.5. The lowest BCUT2D eigenvalue weighted by atomic mass is 10.3. The van der Waals surface area contributed by atoms with E-state index in [1.165, 1.54) is 29.1 Å². The number of carbonyl (C=O) groups is 1. The normalized spacial score (nSPS) is 15.7. The molecule has 0 unspecified atom stereocenters. The third-order valence-electron chi connectivity index (χ3n) is 4.06. The number of aliphatic hydroxyl groups is 1. The van der Waals surface area contributed by atoms with Crippen LogP contribution in [0.4, 0.5) is 8.78 Å². The first-order chi connectivity index (χ1) is 11.6. The highest BCUT2D eigenvalue weighted by Gasteiger charge is 2.21. The van der Waals surface area contributed by atoms with Crippen LogP contribution in [0, 0.1) is 11.6 Å². The van der Waals surface area contributed by atoms with Crippen LogP contribution < -0.4 is 0 Å². The van der Waals surface area contributed by atoms with E-state index in [-0.39, 0.29) is 11.6 Å². The summed E-state index contributed by atoms with van der Waals surface area (Å²) >= 11 is 0. The Kier molecular flexibility index (Phi) is 4.86. The fourth-order valence-corrected chi connectivity index (χ4v) is 2.76. The first-order valence-corrected chi connectivity index (χ1v) is 7.68. The lowest BCUT2D eigenvalue weighted by Gasteiger charge is -2.34. The van der Waals surface area contributed by atoms with Crippen LogP contribution in [0.1, 0.15) is 5.69 Å². The fourth-order valence-electron chi connectivity index (χ4n) is 2.76. The molecule has 1 aliphatic heterocycles. The Labute approximate surface area is 137 Å². The largest absolute Gasteiger partial charge is 0.387 e. The molecular weight excluding hydrogens is 318 g/mol. The van der Waals surface area contributed by atoms with Crippen LogP contribution in [0.2, 0.25) is 0 Å². The Morgan fingerprint density at radius 2 is 1.79 bits per heavy atom. The monoisotopic (exact) mass is 336 g/mol. The number of rotatable bonds is 4. The molecule has 2 heterocycles. The van der Waals surface area contributed by atoms with E-state index < -0.39 is 18.2 Å². The van der Waals surface area contributed by atoms with Crippen molar-refractivity contribution in [1.29, 1.82) is 0 Å². The third kappa shape index (κ3) is 3.44. The number of para-hydroxylation sites is 1. The summed E-state index contributed by atoms with van der Waals surface area (Å²) in [6.07, 6.45) is 1.53. The molecule has 1 amide bonds. The molecule has 0 saturated carbocycles. The van der Waals surface area contributed by atoms with E-state index in [0.29, 0.717) is 38.4 Å². The van der Waals surface area contributed by atoms with Crippen molar-refractivity contribution in [2.45, 2.75) is 6.54 Å². The van der Waals surface area contributed by atoms with Crippen molar-refractivity contribution in [3.05, 3.63) is 47.8 Å². The van der Waals surface area contributed by atoms with Crippen molar-refractivity contribution in [3.63, 3.8) is 0 Å². The second-order valence-corrected chi connectivity index (χ2v) is 5.64. The van der Waals surface area contributed by atoms with Gasteiger partial charge in [-0.1, -0.05) is 6.07 Å². The summed E-state index contributed by atoms with van der Waals surface area (Å²) < 4.78 is 28.8. The van der Waals surface area contributed by atoms with E-state index in [1.54, 1.807) is 11.0 Å². The van der Waals surface area contributed by atoms with Gasteiger partial charge in [-0.15, -0.1) is 0 Å². The summed E-state index contributed by atoms with van der Waals surface area (Å²) in [5, 5.41) is 13.1. The number of carbonyl (C=O) groups excluding carboxylic acids is 1. The van der Waals surface area contributed by atoms with E-state index in [0.717, 1.165) is 0 Å². The highest BCUT2D eigenvalue weighted by Crippen LogP contribution is 2.17. The van der Waals surface area contributed by atoms with Crippen LogP contribution in [-0.2, 0) is 11.3 Å². The predicted octanol–water partition coefficient (Wildman–Crippen LogP) is 0.787. The van der Waals surface area contributed by atoms with Gasteiger partial charge in [0.1, 0.15) is 12.3 Å². The van der Waals surface area contributed by atoms with E-state index in [9.17, 15) is 13.6 Å². The van der Waals surface area contributed by atoms with Gasteiger partial charge in [0, 0.05) is 38.9 Å². The maximum absolute atomic E-state index is 13.8. The van der Waals surface area contributed by atoms with Gasteiger partial charge in [0.2, 0.25) is 5.91 Å². The number of aromatic nitrogens is 2. The second-order valence-electron chi connectivity index (χ2n) is 5.64. The van der Waals surface area contributed by atoms with Crippen molar-refractivity contribution < 1.29 is 18.7 Å². The molecule has 0 bridgehead atoms. The molecule has 0 aliphatic carbocycles. The lowest BCUT2D eigenvalue weighted by molar-refractivity contribution is -0.136. The van der Waals surface area contributed by atoms with Crippen LogP contribution in [0.3, 0.4) is 0 Å². The van der Waals surface area contributed by atoms with Crippen LogP contribution in [0.25, 0.3) is 5.69 Å². The number of hydrogen-bond donors (Lipinski definition) is 1. The summed E-state index contributed by atoms with van der Waals surface area (Å²) in [5.41, 5.74) is 0.502. The van der Waals surface area contributed by atoms with Crippen molar-refractivity contribution in [2.75, 3.05) is 32.8 Å². The van der Waals surface area contributed by atoms with Gasteiger partial charge in [-0.05, 0) is 18.2 Å². The van der Waals surface area contributed by atoms with Gasteiger partial charge in [-0.2, -0.15) is 5.10 Å². The molecule has 1 aliphatic rings. The number of piperazine rings is 1. The Bertz CT molecular complexity index is 706. The van der Waals surface area contributed by atoms with E-state index in [4.69, 9.17) is 5.11 Å². The summed E-state index contributed by atoms with van der Waals surface area (Å²) in [5.74, 6) is -1.60. The number of benzene rings is 1. The SMILES string of the molecule is O=C(CO)N1CCN(Cc2ccn(-c3c(F)cccc3F)n2)CC1. The van der Waals surface area contributed by atoms with E-state index >= 15 is 0 Å². The number of halogens is 2. The average Bonchev–Trinajstić information content (AvgIpc) is 3.03. The first-order valence-electron chi connectivity index (χ1n) is 7.68. The van der Waals surface area contributed by atoms with E-state index in [2.05, 4.69) is 10.00 Å². The summed E-state index contributed by atoms with van der Waals surface area (Å²) in [6, 6.07) is 5.41. The minimum absolute atomic E-state index is 0.192. The molecule has 6 nitrogen and oxygen atoms in total. The maximum atomic E-state index is 13.8. The highest BCUT2D eigenvalue weighted by atomic mass is 19.1. The van der Waals surface area contributed by atoms with Gasteiger partial charge in [-0.3, -0.25) is 9.69 Å². The fraction of sp³-hybridized carbons (Fsp3) is 0.375. The molecule has 3 rings (SSSR count). The molecule has 0 radical (unpaired) electrons. The Morgan fingerprint density at radius 3 is 2.42 bits per heavy atom. The maximum Gasteiger partial charge on any atom is 0.248 e. The second kappa shape index (κ2) is 7.06. The van der Waals surface area contributed by atoms with Crippen molar-refractivity contribution in [3.8, 4) is 5.69 Å². The molecular formula is C16H18F2N4O2. The number of nitrogens with zero attached hydrogens (tertiary/aromatic N) is 4. The van der Waals surface area contributed by atoms with Crippen molar-refractivity contribution >= 4 is 5.91 Å². The van der Waals surface area contributed by atoms with Crippen LogP contribution in [-0.4, -0.2) is 63.4 Å². The Morgan fingerprint density at radius 1 is 1.12 bits per heavy atom. The smallest absolute Gasteiger partial charge is 0.248 e. The topological polar surface area (TPSA) is 61.6 Å². The Balaban J connectivity index is 1.64. The lowest BCUT2D eigenvalue weighted by Crippen LogP contribution is -2.49. The minimum atomic E-state index is -0.666. The molecule has 1 N–H and O–H groups in total. The van der Waals surface area contributed by atoms with Crippen LogP contribution >= 0.6 is 0 Å². The molecule has 1 aromatic heterocycles. The van der Waals surface area contributed by atoms with Gasteiger partial charge >= 0.3 is 0 Å². The minimum Gasteiger partial charge on any atom is -0.387 e. The molecule has 0 spiro atoms. The summed E-state index contributed by atoms with van der Waals surface area (Å²) in [6.45, 7) is 2.46. The zero-order valence-electron chi connectivity index (χ0n) is 13.0. The zero-order valence-corrected chi connectivity index (χ0v) is 13.0. The number of aliphatic hydroxyl groups excluding tert-OH is 1. The molecule has 1 fully saturated rings. The molecule has 1 aromatic carbocycles. The Hall–Kier alpha value is -2.32. The van der Waals surface area contributed by atoms with Crippen molar-refractivity contribution in [1.82, 2.24) is 19.6 Å². The molecule has 24 heavy (non-hydrogen) atoms. The predicted molar refractivity (Wildman–Crippen MR) is 82.4 cm³/mol. The van der Waals surface area contributed by atoms with Crippen LogP contribution in [0.15, 0.2) is 30.5 Å². The standard InChI is InChI=1S/C16H18F2N4O2/c17-13-2-1-3-14(18)16(13)22-5-4-12(19-22)10-20-6-8-21(9-7-20)15(24)11-23/h1-5,23H,6-11H2. The number of hydrogen-bond acceptors (Lipinski definition) is 4. The van der Waals surface area contributed by atoms with Gasteiger partial charge < -0.3 is 10.0 Å². The molecule has 1 saturated heterocycles. The van der Waals surface area contributed by atoms with Crippen LogP contribution in [0.5, 0.6) is 0 Å². The molecule has 128 valence electrons. The third-order valence-corrected chi connectivity index (χ3v) is 4.06. The summed E-state index contributed by atoms with van der Waals surface area (Å²) in [4.78, 5) is 15.1. The zero-order chi connectivity index (χ0) is 17.1. The molecule has 8 heteroatoms. The van der Waals surface area contributed by atoms with Gasteiger partial charge in [0.15, 0.2) is 11.6 Å². The highest BCUT2D eigenvalue weighted by molar-refractivity contribution is 5.77. The van der Waals surface area contributed by atoms with Gasteiger partial charge in [0.05, 0.1) is 5.69 Å². The number of amides is 1. The van der Waals surface area contributed by atoms with Crippen molar-refractivity contribution in [2.24, 2.45) is 0 Å².